The lowest BCUT2D eigenvalue weighted by Gasteiger charge is -2.17. The molecule has 0 saturated heterocycles. The zero-order chi connectivity index (χ0) is 24.0. The minimum atomic E-state index is -0.905. The van der Waals surface area contributed by atoms with Crippen molar-refractivity contribution in [3.63, 3.8) is 0 Å². The maximum atomic E-state index is 6.11. The summed E-state index contributed by atoms with van der Waals surface area (Å²) in [5.74, 6) is 5.43. The molecule has 180 valence electrons. The van der Waals surface area contributed by atoms with Gasteiger partial charge in [-0.1, -0.05) is 20.8 Å². The Kier molecular flexibility index (Phi) is 12.0. The molecular formula is C27H33BO3S3. The van der Waals surface area contributed by atoms with Crippen molar-refractivity contribution in [3.8, 4) is 17.2 Å². The molecule has 0 aliphatic heterocycles. The quantitative estimate of drug-likeness (QED) is 0.149. The van der Waals surface area contributed by atoms with Gasteiger partial charge in [0.1, 0.15) is 17.2 Å². The van der Waals surface area contributed by atoms with Crippen LogP contribution in [0.4, 0.5) is 0 Å². The fourth-order valence-electron chi connectivity index (χ4n) is 2.91. The van der Waals surface area contributed by atoms with Gasteiger partial charge in [-0.05, 0) is 109 Å². The summed E-state index contributed by atoms with van der Waals surface area (Å²) in [4.78, 5) is 3.69. The highest BCUT2D eigenvalue weighted by Crippen LogP contribution is 2.26. The van der Waals surface area contributed by atoms with Gasteiger partial charge in [-0.15, -0.1) is 35.3 Å². The van der Waals surface area contributed by atoms with E-state index >= 15 is 0 Å². The highest BCUT2D eigenvalue weighted by atomic mass is 32.2. The van der Waals surface area contributed by atoms with E-state index in [0.29, 0.717) is 17.2 Å². The first-order chi connectivity index (χ1) is 16.7. The molecule has 34 heavy (non-hydrogen) atoms. The van der Waals surface area contributed by atoms with Crippen LogP contribution in [0.25, 0.3) is 0 Å². The van der Waals surface area contributed by atoms with Crippen molar-refractivity contribution in [2.75, 3.05) is 17.3 Å². The summed E-state index contributed by atoms with van der Waals surface area (Å²) in [6.07, 6.45) is 3.45. The summed E-state index contributed by atoms with van der Waals surface area (Å²) < 4.78 is 18.3. The highest BCUT2D eigenvalue weighted by Gasteiger charge is 2.30. The fourth-order valence-corrected chi connectivity index (χ4v) is 5.21. The Morgan fingerprint density at radius 2 is 0.735 bits per heavy atom. The normalized spacial score (nSPS) is 10.7. The molecule has 7 heteroatoms. The fraction of sp³-hybridized carbons (Fsp3) is 0.333. The molecule has 0 fully saturated rings. The van der Waals surface area contributed by atoms with Crippen molar-refractivity contribution < 1.29 is 14.0 Å². The van der Waals surface area contributed by atoms with E-state index in [1.807, 2.05) is 71.7 Å². The molecule has 3 nitrogen and oxygen atoms in total. The zero-order valence-corrected chi connectivity index (χ0v) is 22.6. The Hall–Kier alpha value is -1.83. The first kappa shape index (κ1) is 26.8. The topological polar surface area (TPSA) is 27.7 Å². The van der Waals surface area contributed by atoms with Crippen LogP contribution in [0.2, 0.25) is 0 Å². The first-order valence-corrected chi connectivity index (χ1v) is 14.8. The van der Waals surface area contributed by atoms with Gasteiger partial charge in [0.2, 0.25) is 0 Å². The van der Waals surface area contributed by atoms with Crippen molar-refractivity contribution >= 4 is 42.6 Å². The lowest BCUT2D eigenvalue weighted by atomic mass is 10.2. The van der Waals surface area contributed by atoms with Crippen LogP contribution in [0.5, 0.6) is 17.2 Å². The third-order valence-corrected chi connectivity index (χ3v) is 8.24. The SMILES string of the molecule is CCCSc1ccc(OB(Oc2ccc(SCCC)cc2)Oc2ccc(SCCC)cc2)cc1. The predicted octanol–water partition coefficient (Wildman–Crippen LogP) is 8.71. The molecule has 0 aromatic heterocycles. The van der Waals surface area contributed by atoms with Gasteiger partial charge in [-0.3, -0.25) is 0 Å². The molecule has 0 bridgehead atoms. The van der Waals surface area contributed by atoms with E-state index in [1.54, 1.807) is 0 Å². The van der Waals surface area contributed by atoms with Crippen molar-refractivity contribution in [2.24, 2.45) is 0 Å². The van der Waals surface area contributed by atoms with Crippen LogP contribution in [0.3, 0.4) is 0 Å². The van der Waals surface area contributed by atoms with Crippen LogP contribution in [0.1, 0.15) is 40.0 Å². The third-order valence-electron chi connectivity index (χ3n) is 4.59. The Morgan fingerprint density at radius 1 is 0.471 bits per heavy atom. The molecule has 0 unspecified atom stereocenters. The number of rotatable bonds is 15. The number of thioether (sulfide) groups is 3. The zero-order valence-electron chi connectivity index (χ0n) is 20.2. The molecule has 3 aromatic carbocycles. The van der Waals surface area contributed by atoms with E-state index in [-0.39, 0.29) is 0 Å². The van der Waals surface area contributed by atoms with Crippen LogP contribution < -0.4 is 14.0 Å². The molecular weight excluding hydrogens is 479 g/mol. The smallest absolute Gasteiger partial charge is 0.490 e. The Labute approximate surface area is 217 Å². The monoisotopic (exact) mass is 512 g/mol. The van der Waals surface area contributed by atoms with Crippen LogP contribution in [-0.2, 0) is 0 Å². The summed E-state index contributed by atoms with van der Waals surface area (Å²) in [5.41, 5.74) is 0. The molecule has 0 radical (unpaired) electrons. The molecule has 0 heterocycles. The molecule has 0 atom stereocenters. The molecule has 0 amide bonds. The summed E-state index contributed by atoms with van der Waals surface area (Å²) in [6.45, 7) is 6.56. The van der Waals surface area contributed by atoms with Gasteiger partial charge in [-0.2, -0.15) is 0 Å². The highest BCUT2D eigenvalue weighted by molar-refractivity contribution is 7.99. The summed E-state index contributed by atoms with van der Waals surface area (Å²) in [7, 11) is -0.905. The van der Waals surface area contributed by atoms with E-state index in [1.165, 1.54) is 14.7 Å². The summed E-state index contributed by atoms with van der Waals surface area (Å²) in [5, 5.41) is 0. The maximum absolute atomic E-state index is 6.11. The molecule has 0 saturated carbocycles. The van der Waals surface area contributed by atoms with Crippen LogP contribution in [0.15, 0.2) is 87.5 Å². The lowest BCUT2D eigenvalue weighted by molar-refractivity contribution is 0.307. The van der Waals surface area contributed by atoms with Crippen LogP contribution in [-0.4, -0.2) is 24.6 Å². The standard InChI is InChI=1S/C27H33BO3S3/c1-4-19-32-25-13-7-22(8-14-25)29-28(30-23-9-15-26(16-10-23)33-20-5-2)31-24-11-17-27(18-12-24)34-21-6-3/h7-18H,4-6,19-21H2,1-3H3. The lowest BCUT2D eigenvalue weighted by Crippen LogP contribution is -2.36. The molecule has 0 aliphatic carbocycles. The number of hydrogen-bond donors (Lipinski definition) is 0. The van der Waals surface area contributed by atoms with Crippen molar-refractivity contribution in [1.82, 2.24) is 0 Å². The third kappa shape index (κ3) is 9.44. The maximum Gasteiger partial charge on any atom is 0.864 e. The second kappa shape index (κ2) is 15.2. The van der Waals surface area contributed by atoms with Gasteiger partial charge in [0, 0.05) is 14.7 Å². The van der Waals surface area contributed by atoms with Crippen molar-refractivity contribution in [2.45, 2.75) is 54.7 Å². The molecule has 0 N–H and O–H groups in total. The van der Waals surface area contributed by atoms with Gasteiger partial charge >= 0.3 is 7.32 Å². The number of benzene rings is 3. The van der Waals surface area contributed by atoms with Crippen molar-refractivity contribution in [1.29, 1.82) is 0 Å². The predicted molar refractivity (Wildman–Crippen MR) is 150 cm³/mol. The van der Waals surface area contributed by atoms with E-state index in [4.69, 9.17) is 14.0 Å². The van der Waals surface area contributed by atoms with Crippen LogP contribution >= 0.6 is 35.3 Å². The molecule has 0 aliphatic rings. The Balaban J connectivity index is 1.69. The van der Waals surface area contributed by atoms with Crippen molar-refractivity contribution in [3.05, 3.63) is 72.8 Å². The summed E-state index contributed by atoms with van der Waals surface area (Å²) in [6, 6.07) is 24.2. The van der Waals surface area contributed by atoms with E-state index in [2.05, 4.69) is 57.2 Å². The molecule has 0 spiro atoms. The number of hydrogen-bond acceptors (Lipinski definition) is 6. The van der Waals surface area contributed by atoms with Gasteiger partial charge in [0.05, 0.1) is 0 Å². The van der Waals surface area contributed by atoms with Gasteiger partial charge < -0.3 is 14.0 Å². The second-order valence-corrected chi connectivity index (χ2v) is 11.1. The molecule has 3 rings (SSSR count). The second-order valence-electron chi connectivity index (χ2n) is 7.60. The van der Waals surface area contributed by atoms with Gasteiger partial charge in [0.15, 0.2) is 0 Å². The van der Waals surface area contributed by atoms with E-state index < -0.39 is 7.32 Å². The first-order valence-electron chi connectivity index (χ1n) is 11.9. The van der Waals surface area contributed by atoms with Crippen LogP contribution in [0, 0.1) is 0 Å². The minimum absolute atomic E-state index is 0.705. The van der Waals surface area contributed by atoms with E-state index in [9.17, 15) is 0 Å². The van der Waals surface area contributed by atoms with Gasteiger partial charge in [0.25, 0.3) is 0 Å². The Morgan fingerprint density at radius 3 is 0.971 bits per heavy atom. The van der Waals surface area contributed by atoms with Gasteiger partial charge in [-0.25, -0.2) is 0 Å². The Bertz CT molecular complexity index is 823. The average molecular weight is 513 g/mol. The summed E-state index contributed by atoms with van der Waals surface area (Å²) >= 11 is 5.53. The van der Waals surface area contributed by atoms with E-state index in [0.717, 1.165) is 36.5 Å². The minimum Gasteiger partial charge on any atom is -0.490 e. The molecule has 3 aromatic rings. The average Bonchev–Trinajstić information content (AvgIpc) is 2.87. The largest absolute Gasteiger partial charge is 0.864 e.